The fourth-order valence-corrected chi connectivity index (χ4v) is 4.26. The van der Waals surface area contributed by atoms with Crippen molar-refractivity contribution in [3.63, 3.8) is 0 Å². The first-order valence-corrected chi connectivity index (χ1v) is 8.69. The monoisotopic (exact) mass is 362 g/mol. The Morgan fingerprint density at radius 3 is 3.00 bits per heavy atom. The normalized spacial score (nSPS) is 16.8. The number of quaternary nitrogens is 1. The van der Waals surface area contributed by atoms with E-state index < -0.39 is 0 Å². The number of benzene rings is 1. The Morgan fingerprint density at radius 2 is 2.29 bits per heavy atom. The molecule has 0 spiro atoms. The molecular formula is C17H17ClN3O2S+. The van der Waals surface area contributed by atoms with Crippen LogP contribution in [0.15, 0.2) is 17.1 Å². The molecule has 2 N–H and O–H groups in total. The number of methoxy groups -OCH3 is 1. The molecule has 0 aliphatic carbocycles. The minimum atomic E-state index is -0.0188. The van der Waals surface area contributed by atoms with Crippen LogP contribution in [0.4, 0.5) is 5.00 Å². The molecule has 7 heteroatoms. The molecule has 2 aromatic rings. The first-order valence-electron chi connectivity index (χ1n) is 7.50. The minimum absolute atomic E-state index is 0.0188. The maximum Gasteiger partial charge on any atom is 0.166 e. The predicted molar refractivity (Wildman–Crippen MR) is 95.1 cm³/mol. The molecule has 1 aromatic carbocycles. The summed E-state index contributed by atoms with van der Waals surface area (Å²) in [5.41, 5.74) is 2.22. The van der Waals surface area contributed by atoms with Gasteiger partial charge in [0.15, 0.2) is 11.5 Å². The predicted octanol–water partition coefficient (Wildman–Crippen LogP) is 2.31. The standard InChI is InChI=1S/C17H16ClN3O2S/c1-21-4-3-12-13(7-19)17(24-15(12)9-21)20-8-10-5-11(18)6-14(23-2)16(10)22/h5-6,8,22H,3-4,9H2,1-2H3/p+1/b20-8+. The lowest BCUT2D eigenvalue weighted by Crippen LogP contribution is -3.08. The van der Waals surface area contributed by atoms with Gasteiger partial charge in [-0.2, -0.15) is 5.26 Å². The van der Waals surface area contributed by atoms with E-state index in [0.717, 1.165) is 25.1 Å². The molecule has 0 bridgehead atoms. The summed E-state index contributed by atoms with van der Waals surface area (Å²) in [7, 11) is 3.61. The van der Waals surface area contributed by atoms with Gasteiger partial charge in [0.2, 0.25) is 0 Å². The number of nitrogens with one attached hydrogen (secondary N) is 1. The maximum absolute atomic E-state index is 10.2. The topological polar surface area (TPSA) is 70.0 Å². The average Bonchev–Trinajstić information content (AvgIpc) is 2.91. The summed E-state index contributed by atoms with van der Waals surface area (Å²) in [6, 6.07) is 5.43. The Morgan fingerprint density at radius 1 is 1.50 bits per heavy atom. The van der Waals surface area contributed by atoms with Crippen LogP contribution in [0.25, 0.3) is 0 Å². The Hall–Kier alpha value is -2.07. The highest BCUT2D eigenvalue weighted by Crippen LogP contribution is 2.37. The van der Waals surface area contributed by atoms with E-state index in [0.29, 0.717) is 26.9 Å². The maximum atomic E-state index is 10.2. The van der Waals surface area contributed by atoms with Gasteiger partial charge in [0, 0.05) is 29.3 Å². The number of likely N-dealkylation sites (N-methyl/N-ethyl adjacent to an activating group) is 1. The first kappa shape index (κ1) is 16.8. The van der Waals surface area contributed by atoms with E-state index in [9.17, 15) is 10.4 Å². The zero-order chi connectivity index (χ0) is 17.3. The summed E-state index contributed by atoms with van der Waals surface area (Å²) in [6.45, 7) is 1.94. The smallest absolute Gasteiger partial charge is 0.166 e. The van der Waals surface area contributed by atoms with E-state index in [1.54, 1.807) is 17.4 Å². The number of phenolic OH excluding ortho intramolecular Hbond substituents is 1. The fourth-order valence-electron chi connectivity index (χ4n) is 2.79. The number of ether oxygens (including phenoxy) is 1. The van der Waals surface area contributed by atoms with Crippen LogP contribution < -0.4 is 9.64 Å². The third-order valence-electron chi connectivity index (χ3n) is 4.06. The van der Waals surface area contributed by atoms with Crippen molar-refractivity contribution in [1.82, 2.24) is 0 Å². The van der Waals surface area contributed by atoms with Crippen molar-refractivity contribution in [2.75, 3.05) is 20.7 Å². The number of rotatable bonds is 3. The third kappa shape index (κ3) is 3.11. The van der Waals surface area contributed by atoms with Gasteiger partial charge >= 0.3 is 0 Å². The van der Waals surface area contributed by atoms with E-state index >= 15 is 0 Å². The molecule has 24 heavy (non-hydrogen) atoms. The SMILES string of the molecule is COc1cc(Cl)cc(/C=N/c2sc3c(c2C#N)CC[NH+](C)C3)c1O. The number of hydrogen-bond donors (Lipinski definition) is 2. The molecule has 1 aromatic heterocycles. The second kappa shape index (κ2) is 6.81. The summed E-state index contributed by atoms with van der Waals surface area (Å²) in [4.78, 5) is 7.09. The lowest BCUT2D eigenvalue weighted by atomic mass is 10.0. The van der Waals surface area contributed by atoms with Crippen LogP contribution >= 0.6 is 22.9 Å². The Labute approximate surface area is 149 Å². The number of fused-ring (bicyclic) bond motifs is 1. The van der Waals surface area contributed by atoms with Crippen LogP contribution in [-0.2, 0) is 13.0 Å². The van der Waals surface area contributed by atoms with Gasteiger partial charge in [-0.15, -0.1) is 11.3 Å². The zero-order valence-electron chi connectivity index (χ0n) is 13.4. The van der Waals surface area contributed by atoms with E-state index in [4.69, 9.17) is 16.3 Å². The molecule has 0 amide bonds. The number of phenols is 1. The van der Waals surface area contributed by atoms with Crippen molar-refractivity contribution in [2.24, 2.45) is 4.99 Å². The molecule has 1 aliphatic rings. The lowest BCUT2D eigenvalue weighted by molar-refractivity contribution is -0.895. The molecule has 0 radical (unpaired) electrons. The minimum Gasteiger partial charge on any atom is -0.504 e. The summed E-state index contributed by atoms with van der Waals surface area (Å²) < 4.78 is 5.09. The fraction of sp³-hybridized carbons (Fsp3) is 0.294. The van der Waals surface area contributed by atoms with Crippen LogP contribution in [0.3, 0.4) is 0 Å². The van der Waals surface area contributed by atoms with Gasteiger partial charge in [-0.05, 0) is 11.6 Å². The van der Waals surface area contributed by atoms with Crippen LogP contribution in [0.1, 0.15) is 21.6 Å². The van der Waals surface area contributed by atoms with Gasteiger partial charge in [-0.1, -0.05) is 11.6 Å². The molecule has 0 saturated heterocycles. The molecule has 2 heterocycles. The van der Waals surface area contributed by atoms with Crippen molar-refractivity contribution >= 4 is 34.2 Å². The van der Waals surface area contributed by atoms with Crippen molar-refractivity contribution in [2.45, 2.75) is 13.0 Å². The second-order valence-electron chi connectivity index (χ2n) is 5.73. The lowest BCUT2D eigenvalue weighted by Gasteiger charge is -2.18. The Kier molecular flexibility index (Phi) is 4.76. The highest BCUT2D eigenvalue weighted by Gasteiger charge is 2.24. The van der Waals surface area contributed by atoms with E-state index in [2.05, 4.69) is 18.1 Å². The zero-order valence-corrected chi connectivity index (χ0v) is 15.0. The van der Waals surface area contributed by atoms with Gasteiger partial charge in [0.25, 0.3) is 0 Å². The molecule has 0 saturated carbocycles. The van der Waals surface area contributed by atoms with E-state index in [1.807, 2.05) is 0 Å². The van der Waals surface area contributed by atoms with E-state index in [1.165, 1.54) is 29.2 Å². The quantitative estimate of drug-likeness (QED) is 0.823. The summed E-state index contributed by atoms with van der Waals surface area (Å²) >= 11 is 7.58. The van der Waals surface area contributed by atoms with Gasteiger partial charge in [0.05, 0.1) is 31.1 Å². The number of nitriles is 1. The number of hydrogen-bond acceptors (Lipinski definition) is 5. The molecule has 0 fully saturated rings. The summed E-state index contributed by atoms with van der Waals surface area (Å²) in [5.74, 6) is 0.273. The summed E-state index contributed by atoms with van der Waals surface area (Å²) in [6.07, 6.45) is 2.42. The van der Waals surface area contributed by atoms with Crippen LogP contribution in [0.5, 0.6) is 11.5 Å². The number of nitrogens with zero attached hydrogens (tertiary/aromatic N) is 2. The number of halogens is 1. The highest BCUT2D eigenvalue weighted by molar-refractivity contribution is 7.16. The molecule has 1 unspecified atom stereocenters. The number of thiophene rings is 1. The highest BCUT2D eigenvalue weighted by atomic mass is 35.5. The molecule has 3 rings (SSSR count). The van der Waals surface area contributed by atoms with Gasteiger partial charge in [-0.3, -0.25) is 0 Å². The number of aromatic hydroxyl groups is 1. The number of aliphatic imine (C=N–C) groups is 1. The first-order chi connectivity index (χ1) is 11.5. The Bertz CT molecular complexity index is 854. The van der Waals surface area contributed by atoms with Crippen molar-refractivity contribution in [3.8, 4) is 17.6 Å². The molecule has 5 nitrogen and oxygen atoms in total. The van der Waals surface area contributed by atoms with Crippen molar-refractivity contribution in [1.29, 1.82) is 5.26 Å². The third-order valence-corrected chi connectivity index (χ3v) is 5.42. The summed E-state index contributed by atoms with van der Waals surface area (Å²) in [5, 5.41) is 20.8. The van der Waals surface area contributed by atoms with Crippen molar-refractivity contribution < 1.29 is 14.7 Å². The average molecular weight is 363 g/mol. The van der Waals surface area contributed by atoms with Crippen molar-refractivity contribution in [3.05, 3.63) is 38.7 Å². The van der Waals surface area contributed by atoms with Gasteiger partial charge in [0.1, 0.15) is 17.6 Å². The largest absolute Gasteiger partial charge is 0.504 e. The van der Waals surface area contributed by atoms with Crippen LogP contribution in [0.2, 0.25) is 5.02 Å². The second-order valence-corrected chi connectivity index (χ2v) is 7.25. The van der Waals surface area contributed by atoms with Crippen LogP contribution in [-0.4, -0.2) is 32.0 Å². The van der Waals surface area contributed by atoms with Gasteiger partial charge < -0.3 is 14.7 Å². The van der Waals surface area contributed by atoms with Gasteiger partial charge in [-0.25, -0.2) is 4.99 Å². The molecule has 124 valence electrons. The molecular weight excluding hydrogens is 346 g/mol. The Balaban J connectivity index is 1.99. The van der Waals surface area contributed by atoms with Crippen LogP contribution in [0, 0.1) is 11.3 Å². The molecule has 1 aliphatic heterocycles. The van der Waals surface area contributed by atoms with E-state index in [-0.39, 0.29) is 5.75 Å². The molecule has 1 atom stereocenters.